The van der Waals surface area contributed by atoms with E-state index in [4.69, 9.17) is 10.2 Å². The molecule has 0 radical (unpaired) electrons. The number of nitrogens with zero attached hydrogens (tertiary/aromatic N) is 5. The van der Waals surface area contributed by atoms with Crippen molar-refractivity contribution in [3.63, 3.8) is 0 Å². The van der Waals surface area contributed by atoms with Gasteiger partial charge in [-0.25, -0.2) is 9.97 Å². The zero-order valence-corrected chi connectivity index (χ0v) is 19.0. The molecule has 8 heteroatoms. The molecule has 2 aromatic heterocycles. The van der Waals surface area contributed by atoms with E-state index in [0.29, 0.717) is 30.4 Å². The lowest BCUT2D eigenvalue weighted by molar-refractivity contribution is 0.135. The molecule has 4 rings (SSSR count). The first-order valence-electron chi connectivity index (χ1n) is 10.8. The second-order valence-electron chi connectivity index (χ2n) is 8.19. The Morgan fingerprint density at radius 1 is 1.39 bits per heavy atom. The molecule has 2 fully saturated rings. The van der Waals surface area contributed by atoms with E-state index in [1.54, 1.807) is 11.3 Å². The molecular formula is C23H29N7S. The summed E-state index contributed by atoms with van der Waals surface area (Å²) in [6.45, 7) is 8.69. The van der Waals surface area contributed by atoms with Crippen LogP contribution in [0.1, 0.15) is 49.5 Å². The first-order chi connectivity index (χ1) is 15.1. The number of hydrogen-bond acceptors (Lipinski definition) is 8. The molecule has 3 atom stereocenters. The van der Waals surface area contributed by atoms with Gasteiger partial charge in [0.05, 0.1) is 11.8 Å². The summed E-state index contributed by atoms with van der Waals surface area (Å²) in [6.07, 6.45) is 11.1. The monoisotopic (exact) mass is 435 g/mol. The van der Waals surface area contributed by atoms with Crippen LogP contribution in [0.25, 0.3) is 6.08 Å². The largest absolute Gasteiger partial charge is 0.367 e. The maximum Gasteiger partial charge on any atom is 0.188 e. The van der Waals surface area contributed by atoms with Gasteiger partial charge in [-0.05, 0) is 46.2 Å². The summed E-state index contributed by atoms with van der Waals surface area (Å²) < 4.78 is 0. The third kappa shape index (κ3) is 4.78. The predicted molar refractivity (Wildman–Crippen MR) is 129 cm³/mol. The Morgan fingerprint density at radius 2 is 2.16 bits per heavy atom. The molecule has 0 amide bonds. The summed E-state index contributed by atoms with van der Waals surface area (Å²) in [5.74, 6) is 1.54. The number of fused-ring (bicyclic) bond motifs is 2. The van der Waals surface area contributed by atoms with Crippen LogP contribution in [0.15, 0.2) is 23.3 Å². The third-order valence-electron chi connectivity index (χ3n) is 6.10. The van der Waals surface area contributed by atoms with Gasteiger partial charge in [0.25, 0.3) is 0 Å². The maximum absolute atomic E-state index is 8.97. The van der Waals surface area contributed by atoms with Gasteiger partial charge in [-0.3, -0.25) is 9.89 Å². The lowest BCUT2D eigenvalue weighted by Crippen LogP contribution is -2.47. The number of aliphatic imine (C=N–C) groups is 1. The number of thiazole rings is 1. The van der Waals surface area contributed by atoms with Gasteiger partial charge in [0.1, 0.15) is 11.6 Å². The van der Waals surface area contributed by atoms with Gasteiger partial charge in [-0.2, -0.15) is 5.26 Å². The number of anilines is 3. The van der Waals surface area contributed by atoms with Gasteiger partial charge < -0.3 is 10.6 Å². The second kappa shape index (κ2) is 9.58. The number of piperidine rings is 1. The van der Waals surface area contributed by atoms with E-state index in [2.05, 4.69) is 38.3 Å². The molecule has 1 unspecified atom stereocenters. The highest BCUT2D eigenvalue weighted by Crippen LogP contribution is 2.38. The lowest BCUT2D eigenvalue weighted by Gasteiger charge is -2.39. The number of hydrogen-bond donors (Lipinski definition) is 2. The summed E-state index contributed by atoms with van der Waals surface area (Å²) >= 11 is 1.60. The molecule has 162 valence electrons. The van der Waals surface area contributed by atoms with Crippen molar-refractivity contribution in [3.05, 3.63) is 28.8 Å². The van der Waals surface area contributed by atoms with E-state index < -0.39 is 0 Å². The molecule has 2 bridgehead atoms. The fourth-order valence-corrected chi connectivity index (χ4v) is 5.50. The van der Waals surface area contributed by atoms with Crippen molar-refractivity contribution in [2.45, 2.75) is 64.1 Å². The first-order valence-corrected chi connectivity index (χ1v) is 11.7. The van der Waals surface area contributed by atoms with Gasteiger partial charge >= 0.3 is 0 Å². The maximum atomic E-state index is 8.97. The number of aryl methyl sites for hydroxylation is 1. The molecule has 2 aliphatic heterocycles. The van der Waals surface area contributed by atoms with Crippen molar-refractivity contribution in [2.24, 2.45) is 4.99 Å². The molecule has 0 aromatic carbocycles. The van der Waals surface area contributed by atoms with Crippen LogP contribution in [-0.4, -0.2) is 46.3 Å². The summed E-state index contributed by atoms with van der Waals surface area (Å²) in [4.78, 5) is 17.2. The molecule has 31 heavy (non-hydrogen) atoms. The fraction of sp³-hybridized carbons (Fsp3) is 0.478. The number of nitriles is 1. The molecule has 2 N–H and O–H groups in total. The Morgan fingerprint density at radius 3 is 2.77 bits per heavy atom. The van der Waals surface area contributed by atoms with Crippen molar-refractivity contribution < 1.29 is 0 Å². The number of allylic oxidation sites excluding steroid dienone is 1. The van der Waals surface area contributed by atoms with E-state index in [1.165, 1.54) is 12.8 Å². The minimum Gasteiger partial charge on any atom is -0.367 e. The summed E-state index contributed by atoms with van der Waals surface area (Å²) in [7, 11) is 0. The minimum absolute atomic E-state index is 0.349. The molecule has 0 spiro atoms. The lowest BCUT2D eigenvalue weighted by atomic mass is 9.96. The SMILES string of the molecule is C=Nc1cc(Nc2ncc(C)s2)nc(NC2C[C@H]3CC[C@@H](C2)N3CCC#N)c1/C=C\C. The summed E-state index contributed by atoms with van der Waals surface area (Å²) in [5.41, 5.74) is 1.75. The Hall–Kier alpha value is -2.76. The summed E-state index contributed by atoms with van der Waals surface area (Å²) in [5, 5.41) is 16.8. The van der Waals surface area contributed by atoms with Crippen LogP contribution in [0.5, 0.6) is 0 Å². The third-order valence-corrected chi connectivity index (χ3v) is 6.93. The van der Waals surface area contributed by atoms with E-state index in [-0.39, 0.29) is 0 Å². The number of pyridine rings is 1. The zero-order valence-electron chi connectivity index (χ0n) is 18.1. The highest BCUT2D eigenvalue weighted by molar-refractivity contribution is 7.15. The number of nitrogens with one attached hydrogen (secondary N) is 2. The smallest absolute Gasteiger partial charge is 0.188 e. The van der Waals surface area contributed by atoms with Gasteiger partial charge in [-0.15, -0.1) is 11.3 Å². The molecule has 0 aliphatic carbocycles. The van der Waals surface area contributed by atoms with E-state index in [0.717, 1.165) is 46.5 Å². The quantitative estimate of drug-likeness (QED) is 0.549. The molecule has 2 aliphatic rings. The topological polar surface area (TPSA) is 89.2 Å². The highest BCUT2D eigenvalue weighted by atomic mass is 32.1. The predicted octanol–water partition coefficient (Wildman–Crippen LogP) is 5.28. The van der Waals surface area contributed by atoms with Gasteiger partial charge in [0, 0.05) is 53.8 Å². The van der Waals surface area contributed by atoms with Crippen LogP contribution in [0.2, 0.25) is 0 Å². The normalized spacial score (nSPS) is 23.1. The second-order valence-corrected chi connectivity index (χ2v) is 9.43. The highest BCUT2D eigenvalue weighted by Gasteiger charge is 2.40. The van der Waals surface area contributed by atoms with Crippen LogP contribution < -0.4 is 10.6 Å². The Labute approximate surface area is 187 Å². The van der Waals surface area contributed by atoms with Crippen LogP contribution in [0.4, 0.5) is 22.5 Å². The Bertz CT molecular complexity index is 992. The van der Waals surface area contributed by atoms with E-state index in [1.807, 2.05) is 38.3 Å². The molecular weight excluding hydrogens is 406 g/mol. The average molecular weight is 436 g/mol. The van der Waals surface area contributed by atoms with E-state index in [9.17, 15) is 0 Å². The zero-order chi connectivity index (χ0) is 21.8. The van der Waals surface area contributed by atoms with Gasteiger partial charge in [0.15, 0.2) is 5.13 Å². The van der Waals surface area contributed by atoms with Crippen LogP contribution in [0, 0.1) is 18.3 Å². The number of aromatic nitrogens is 2. The molecule has 0 saturated carbocycles. The molecule has 2 saturated heterocycles. The molecule has 2 aromatic rings. The molecule has 4 heterocycles. The average Bonchev–Trinajstić information content (AvgIpc) is 3.26. The first kappa shape index (κ1) is 21.5. The van der Waals surface area contributed by atoms with Gasteiger partial charge in [0.2, 0.25) is 0 Å². The van der Waals surface area contributed by atoms with Gasteiger partial charge in [-0.1, -0.05) is 12.2 Å². The Kier molecular flexibility index (Phi) is 6.64. The van der Waals surface area contributed by atoms with E-state index >= 15 is 0 Å². The van der Waals surface area contributed by atoms with Crippen LogP contribution in [0.3, 0.4) is 0 Å². The summed E-state index contributed by atoms with van der Waals surface area (Å²) in [6, 6.07) is 5.65. The Balaban J connectivity index is 1.57. The van der Waals surface area contributed by atoms with Crippen molar-refractivity contribution in [2.75, 3.05) is 17.2 Å². The standard InChI is InChI=1S/C23H29N7S/c1-4-6-19-20(25-3)13-21(29-23-26-14-15(2)31-23)28-22(19)27-16-11-17-7-8-18(12-16)30(17)10-5-9-24/h4,6,13-14,16-18H,3,5,7-8,10-12H2,1-2H3,(H2,26,27,28,29)/b6-4-/t16?,17-,18+. The minimum atomic E-state index is 0.349. The number of rotatable bonds is 8. The fourth-order valence-electron chi connectivity index (χ4n) is 4.83. The molecule has 7 nitrogen and oxygen atoms in total. The van der Waals surface area contributed by atoms with Crippen LogP contribution >= 0.6 is 11.3 Å². The van der Waals surface area contributed by atoms with Crippen molar-refractivity contribution in [1.82, 2.24) is 14.9 Å². The van der Waals surface area contributed by atoms with Crippen molar-refractivity contribution >= 4 is 46.6 Å². The van der Waals surface area contributed by atoms with Crippen molar-refractivity contribution in [1.29, 1.82) is 5.26 Å². The van der Waals surface area contributed by atoms with Crippen LogP contribution in [-0.2, 0) is 0 Å². The van der Waals surface area contributed by atoms with Crippen molar-refractivity contribution in [3.8, 4) is 6.07 Å².